The fraction of sp³-hybridized carbons (Fsp3) is 0.625. The summed E-state index contributed by atoms with van der Waals surface area (Å²) in [7, 11) is 0. The molecule has 0 spiro atoms. The Hall–Kier alpha value is -1.06. The van der Waals surface area contributed by atoms with Gasteiger partial charge in [-0.05, 0) is 37.5 Å². The van der Waals surface area contributed by atoms with Crippen molar-refractivity contribution in [3.05, 3.63) is 29.8 Å². The van der Waals surface area contributed by atoms with E-state index in [2.05, 4.69) is 32.0 Å². The second-order valence-corrected chi connectivity index (χ2v) is 6.56. The van der Waals surface area contributed by atoms with E-state index >= 15 is 0 Å². The van der Waals surface area contributed by atoms with Gasteiger partial charge in [0.1, 0.15) is 5.75 Å². The zero-order valence-electron chi connectivity index (χ0n) is 11.8. The van der Waals surface area contributed by atoms with Crippen molar-refractivity contribution >= 4 is 0 Å². The summed E-state index contributed by atoms with van der Waals surface area (Å²) in [5.74, 6) is 0.956. The lowest BCUT2D eigenvalue weighted by Gasteiger charge is -2.37. The van der Waals surface area contributed by atoms with E-state index < -0.39 is 0 Å². The maximum Gasteiger partial charge on any atom is 0.119 e. The number of hydrogen-bond acceptors (Lipinski definition) is 3. The Morgan fingerprint density at radius 3 is 2.63 bits per heavy atom. The minimum Gasteiger partial charge on any atom is -0.493 e. The van der Waals surface area contributed by atoms with Crippen molar-refractivity contribution in [1.82, 2.24) is 0 Å². The van der Waals surface area contributed by atoms with Crippen LogP contribution in [0.15, 0.2) is 24.3 Å². The lowest BCUT2D eigenvalue weighted by molar-refractivity contribution is -0.120. The lowest BCUT2D eigenvalue weighted by atomic mass is 9.89. The van der Waals surface area contributed by atoms with Gasteiger partial charge in [0.25, 0.3) is 0 Å². The molecule has 0 radical (unpaired) electrons. The highest BCUT2D eigenvalue weighted by molar-refractivity contribution is 5.39. The predicted octanol–water partition coefficient (Wildman–Crippen LogP) is 2.48. The van der Waals surface area contributed by atoms with Crippen LogP contribution in [0.25, 0.3) is 0 Å². The van der Waals surface area contributed by atoms with Crippen LogP contribution in [-0.2, 0) is 10.2 Å². The van der Waals surface area contributed by atoms with Gasteiger partial charge in [0.05, 0.1) is 19.8 Å². The molecule has 1 unspecified atom stereocenters. The first-order chi connectivity index (χ1) is 9.04. The van der Waals surface area contributed by atoms with Crippen molar-refractivity contribution in [3.8, 4) is 5.75 Å². The van der Waals surface area contributed by atoms with Crippen molar-refractivity contribution < 1.29 is 9.47 Å². The molecule has 0 aromatic heterocycles. The topological polar surface area (TPSA) is 44.5 Å². The first kappa shape index (κ1) is 12.9. The second kappa shape index (κ2) is 4.50. The van der Waals surface area contributed by atoms with E-state index in [0.717, 1.165) is 25.6 Å². The molecule has 3 rings (SSSR count). The average molecular weight is 261 g/mol. The molecule has 1 aromatic carbocycles. The molecule has 0 bridgehead atoms. The summed E-state index contributed by atoms with van der Waals surface area (Å²) in [5.41, 5.74) is 7.85. The molecule has 1 aromatic rings. The summed E-state index contributed by atoms with van der Waals surface area (Å²) in [6, 6.07) is 8.66. The van der Waals surface area contributed by atoms with Crippen molar-refractivity contribution in [2.24, 2.45) is 11.1 Å². The molecule has 3 heteroatoms. The van der Waals surface area contributed by atoms with Gasteiger partial charge in [-0.3, -0.25) is 0 Å². The quantitative estimate of drug-likeness (QED) is 0.885. The molecule has 0 amide bonds. The van der Waals surface area contributed by atoms with Crippen molar-refractivity contribution in [1.29, 1.82) is 0 Å². The lowest BCUT2D eigenvalue weighted by Crippen LogP contribution is -2.44. The minimum atomic E-state index is 0.189. The molecule has 2 fully saturated rings. The zero-order chi connectivity index (χ0) is 13.5. The van der Waals surface area contributed by atoms with E-state index in [1.165, 1.54) is 18.4 Å². The van der Waals surface area contributed by atoms with E-state index in [1.54, 1.807) is 0 Å². The Labute approximate surface area is 115 Å². The monoisotopic (exact) mass is 261 g/mol. The Balaban J connectivity index is 1.70. The van der Waals surface area contributed by atoms with Gasteiger partial charge in [0.15, 0.2) is 0 Å². The van der Waals surface area contributed by atoms with Gasteiger partial charge < -0.3 is 15.2 Å². The van der Waals surface area contributed by atoms with Crippen LogP contribution in [-0.4, -0.2) is 25.9 Å². The number of ether oxygens (including phenoxy) is 2. The van der Waals surface area contributed by atoms with Crippen molar-refractivity contribution in [2.75, 3.05) is 19.8 Å². The highest BCUT2D eigenvalue weighted by Gasteiger charge is 2.47. The second-order valence-electron chi connectivity index (χ2n) is 6.56. The number of hydrogen-bond donors (Lipinski definition) is 1. The third kappa shape index (κ3) is 2.37. The third-order valence-electron chi connectivity index (χ3n) is 4.56. The van der Waals surface area contributed by atoms with E-state index in [0.29, 0.717) is 0 Å². The van der Waals surface area contributed by atoms with E-state index in [1.807, 2.05) is 6.07 Å². The summed E-state index contributed by atoms with van der Waals surface area (Å²) in [5, 5.41) is 0. The minimum absolute atomic E-state index is 0.189. The number of benzene rings is 1. The van der Waals surface area contributed by atoms with Crippen LogP contribution in [0.4, 0.5) is 0 Å². The van der Waals surface area contributed by atoms with E-state index in [9.17, 15) is 0 Å². The van der Waals surface area contributed by atoms with Gasteiger partial charge >= 0.3 is 0 Å². The van der Waals surface area contributed by atoms with Gasteiger partial charge in [-0.15, -0.1) is 0 Å². The fourth-order valence-corrected chi connectivity index (χ4v) is 2.83. The summed E-state index contributed by atoms with van der Waals surface area (Å²) in [6.07, 6.45) is 2.39. The Morgan fingerprint density at radius 1 is 1.37 bits per heavy atom. The van der Waals surface area contributed by atoms with Crippen molar-refractivity contribution in [3.63, 3.8) is 0 Å². The van der Waals surface area contributed by atoms with Crippen LogP contribution in [0, 0.1) is 5.41 Å². The Kier molecular flexibility index (Phi) is 3.06. The first-order valence-electron chi connectivity index (χ1n) is 7.11. The molecule has 1 saturated carbocycles. The molecule has 1 heterocycles. The van der Waals surface area contributed by atoms with Crippen LogP contribution in [0.2, 0.25) is 0 Å². The van der Waals surface area contributed by atoms with Crippen LogP contribution in [0.3, 0.4) is 0 Å². The zero-order valence-corrected chi connectivity index (χ0v) is 11.8. The van der Waals surface area contributed by atoms with Gasteiger partial charge in [-0.1, -0.05) is 19.1 Å². The maximum absolute atomic E-state index is 6.13. The molecule has 1 saturated heterocycles. The third-order valence-corrected chi connectivity index (χ3v) is 4.56. The van der Waals surface area contributed by atoms with Crippen LogP contribution >= 0.6 is 0 Å². The molecule has 2 aliphatic rings. The first-order valence-corrected chi connectivity index (χ1v) is 7.11. The van der Waals surface area contributed by atoms with Gasteiger partial charge in [0, 0.05) is 16.9 Å². The molecule has 104 valence electrons. The Morgan fingerprint density at radius 2 is 2.11 bits per heavy atom. The SMILES string of the molecule is CC(N)C1(c2cccc(OCC3(C)COC3)c2)CC1. The largest absolute Gasteiger partial charge is 0.493 e. The summed E-state index contributed by atoms with van der Waals surface area (Å²) >= 11 is 0. The maximum atomic E-state index is 6.13. The van der Waals surface area contributed by atoms with E-state index in [-0.39, 0.29) is 16.9 Å². The summed E-state index contributed by atoms with van der Waals surface area (Å²) < 4.78 is 11.2. The molecule has 1 atom stereocenters. The molecular formula is C16H23NO2. The van der Waals surface area contributed by atoms with Crippen LogP contribution in [0.1, 0.15) is 32.3 Å². The molecular weight excluding hydrogens is 238 g/mol. The van der Waals surface area contributed by atoms with Crippen molar-refractivity contribution in [2.45, 2.75) is 38.1 Å². The normalized spacial score (nSPS) is 24.4. The molecule has 2 N–H and O–H groups in total. The van der Waals surface area contributed by atoms with Gasteiger partial charge in [0.2, 0.25) is 0 Å². The van der Waals surface area contributed by atoms with Crippen LogP contribution in [0.5, 0.6) is 5.75 Å². The summed E-state index contributed by atoms with van der Waals surface area (Å²) in [6.45, 7) is 6.63. The number of nitrogens with two attached hydrogens (primary N) is 1. The molecule has 1 aliphatic carbocycles. The van der Waals surface area contributed by atoms with Gasteiger partial charge in [-0.25, -0.2) is 0 Å². The number of rotatable bonds is 5. The highest BCUT2D eigenvalue weighted by atomic mass is 16.5. The highest BCUT2D eigenvalue weighted by Crippen LogP contribution is 2.50. The molecule has 3 nitrogen and oxygen atoms in total. The van der Waals surface area contributed by atoms with Crippen LogP contribution < -0.4 is 10.5 Å². The Bertz CT molecular complexity index is 462. The van der Waals surface area contributed by atoms with Gasteiger partial charge in [-0.2, -0.15) is 0 Å². The fourth-order valence-electron chi connectivity index (χ4n) is 2.83. The van der Waals surface area contributed by atoms with E-state index in [4.69, 9.17) is 15.2 Å². The average Bonchev–Trinajstić information content (AvgIpc) is 3.16. The molecule has 19 heavy (non-hydrogen) atoms. The predicted molar refractivity (Wildman–Crippen MR) is 75.4 cm³/mol. The summed E-state index contributed by atoms with van der Waals surface area (Å²) in [4.78, 5) is 0. The standard InChI is InChI=1S/C16H23NO2/c1-12(17)16(6-7-16)13-4-3-5-14(8-13)19-11-15(2)9-18-10-15/h3-5,8,12H,6-7,9-11,17H2,1-2H3. The molecule has 1 aliphatic heterocycles. The smallest absolute Gasteiger partial charge is 0.119 e.